The van der Waals surface area contributed by atoms with Crippen molar-refractivity contribution in [2.24, 2.45) is 5.92 Å². The highest BCUT2D eigenvalue weighted by atomic mass is 16.5. The number of rotatable bonds is 12. The van der Waals surface area contributed by atoms with Gasteiger partial charge >= 0.3 is 0 Å². The molecule has 28 heavy (non-hydrogen) atoms. The van der Waals surface area contributed by atoms with Gasteiger partial charge in [0, 0.05) is 5.56 Å². The fraction of sp³-hybridized carbons (Fsp3) is 0.400. The lowest BCUT2D eigenvalue weighted by atomic mass is 10.0. The predicted octanol–water partition coefficient (Wildman–Crippen LogP) is 6.05. The summed E-state index contributed by atoms with van der Waals surface area (Å²) in [6.45, 7) is 7.54. The molecule has 150 valence electrons. The lowest BCUT2D eigenvalue weighted by Gasteiger charge is -2.11. The first kappa shape index (κ1) is 21.7. The van der Waals surface area contributed by atoms with Gasteiger partial charge in [-0.05, 0) is 67.9 Å². The Morgan fingerprint density at radius 1 is 0.893 bits per heavy atom. The maximum atomic E-state index is 10.9. The van der Waals surface area contributed by atoms with Gasteiger partial charge in [0.2, 0.25) is 0 Å². The van der Waals surface area contributed by atoms with Gasteiger partial charge < -0.3 is 9.47 Å². The highest BCUT2D eigenvalue weighted by Crippen LogP contribution is 2.28. The molecule has 2 aromatic carbocycles. The lowest BCUT2D eigenvalue weighted by molar-refractivity contribution is 0.112. The Balaban J connectivity index is 1.71. The molecule has 0 N–H and O–H groups in total. The zero-order valence-corrected chi connectivity index (χ0v) is 17.3. The van der Waals surface area contributed by atoms with Crippen molar-refractivity contribution in [3.8, 4) is 11.5 Å². The fourth-order valence-corrected chi connectivity index (χ4v) is 3.02. The lowest BCUT2D eigenvalue weighted by Crippen LogP contribution is -2.01. The molecule has 0 spiro atoms. The van der Waals surface area contributed by atoms with Crippen LogP contribution in [0.2, 0.25) is 0 Å². The summed E-state index contributed by atoms with van der Waals surface area (Å²) in [5.74, 6) is 2.00. The first-order valence-electron chi connectivity index (χ1n) is 10.2. The molecule has 0 aliphatic carbocycles. The first-order chi connectivity index (χ1) is 13.6. The first-order valence-corrected chi connectivity index (χ1v) is 10.2. The van der Waals surface area contributed by atoms with Crippen LogP contribution in [0.3, 0.4) is 0 Å². The van der Waals surface area contributed by atoms with Crippen LogP contribution in [0.25, 0.3) is 0 Å². The van der Waals surface area contributed by atoms with E-state index in [2.05, 4.69) is 50.3 Å². The van der Waals surface area contributed by atoms with E-state index in [0.29, 0.717) is 36.2 Å². The van der Waals surface area contributed by atoms with Crippen LogP contribution >= 0.6 is 0 Å². The van der Waals surface area contributed by atoms with E-state index in [1.807, 2.05) is 6.92 Å². The van der Waals surface area contributed by atoms with Crippen molar-refractivity contribution in [3.05, 3.63) is 71.3 Å². The molecule has 0 atom stereocenters. The average molecular weight is 381 g/mol. The van der Waals surface area contributed by atoms with Crippen molar-refractivity contribution < 1.29 is 14.3 Å². The van der Waals surface area contributed by atoms with Crippen LogP contribution < -0.4 is 9.47 Å². The van der Waals surface area contributed by atoms with E-state index in [-0.39, 0.29) is 0 Å². The van der Waals surface area contributed by atoms with Gasteiger partial charge in [-0.2, -0.15) is 0 Å². The van der Waals surface area contributed by atoms with Crippen molar-refractivity contribution in [3.63, 3.8) is 0 Å². The molecule has 0 fully saturated rings. The fourth-order valence-electron chi connectivity index (χ4n) is 3.02. The summed E-state index contributed by atoms with van der Waals surface area (Å²) in [6.07, 6.45) is 9.25. The van der Waals surface area contributed by atoms with Gasteiger partial charge in [-0.1, -0.05) is 50.3 Å². The molecule has 0 heterocycles. The average Bonchev–Trinajstić information content (AvgIpc) is 2.69. The van der Waals surface area contributed by atoms with Crippen LogP contribution in [0.4, 0.5) is 0 Å². The second-order valence-corrected chi connectivity index (χ2v) is 7.32. The Morgan fingerprint density at radius 3 is 2.29 bits per heavy atom. The number of hydrogen-bond acceptors (Lipinski definition) is 3. The number of aldehydes is 1. The van der Waals surface area contributed by atoms with E-state index in [4.69, 9.17) is 9.47 Å². The third-order valence-corrected chi connectivity index (χ3v) is 4.38. The summed E-state index contributed by atoms with van der Waals surface area (Å²) in [6, 6.07) is 14.2. The van der Waals surface area contributed by atoms with Crippen LogP contribution in [0.15, 0.2) is 54.6 Å². The Labute approximate surface area is 169 Å². The van der Waals surface area contributed by atoms with Crippen LogP contribution in [0.5, 0.6) is 11.5 Å². The second kappa shape index (κ2) is 12.0. The largest absolute Gasteiger partial charge is 0.490 e. The molecule has 2 rings (SSSR count). The van der Waals surface area contributed by atoms with Gasteiger partial charge in [-0.3, -0.25) is 4.79 Å². The Hall–Kier alpha value is -2.55. The van der Waals surface area contributed by atoms with Gasteiger partial charge in [-0.25, -0.2) is 0 Å². The molecule has 0 amide bonds. The molecule has 0 radical (unpaired) electrons. The minimum absolute atomic E-state index is 0.539. The molecule has 0 bridgehead atoms. The van der Waals surface area contributed by atoms with Crippen LogP contribution in [-0.4, -0.2) is 19.5 Å². The number of carbonyl (C=O) groups is 1. The van der Waals surface area contributed by atoms with Gasteiger partial charge in [0.05, 0.1) is 13.2 Å². The Morgan fingerprint density at radius 2 is 1.61 bits per heavy atom. The van der Waals surface area contributed by atoms with E-state index in [1.54, 1.807) is 18.2 Å². The quantitative estimate of drug-likeness (QED) is 0.255. The van der Waals surface area contributed by atoms with Crippen molar-refractivity contribution in [1.29, 1.82) is 0 Å². The van der Waals surface area contributed by atoms with Crippen molar-refractivity contribution in [2.75, 3.05) is 13.2 Å². The standard InChI is InChI=1S/C25H32O3/c1-4-27-25-18-23(19-26)14-15-24(25)28-16-8-6-5-7-9-21-10-12-22(13-11-21)17-20(2)3/h5-6,10-15,18-20H,4,7-9,16-17H2,1-3H3. The minimum Gasteiger partial charge on any atom is -0.490 e. The third-order valence-electron chi connectivity index (χ3n) is 4.38. The van der Waals surface area contributed by atoms with Gasteiger partial charge in [-0.15, -0.1) is 0 Å². The molecule has 0 saturated heterocycles. The highest BCUT2D eigenvalue weighted by Gasteiger charge is 2.05. The molecule has 3 nitrogen and oxygen atoms in total. The molecular formula is C25H32O3. The molecule has 0 saturated carbocycles. The van der Waals surface area contributed by atoms with E-state index < -0.39 is 0 Å². The molecule has 0 aromatic heterocycles. The summed E-state index contributed by atoms with van der Waals surface area (Å²) >= 11 is 0. The normalized spacial score (nSPS) is 11.1. The summed E-state index contributed by atoms with van der Waals surface area (Å²) in [4.78, 5) is 10.9. The summed E-state index contributed by atoms with van der Waals surface area (Å²) in [5, 5.41) is 0. The number of benzene rings is 2. The number of hydrogen-bond donors (Lipinski definition) is 0. The van der Waals surface area contributed by atoms with E-state index in [0.717, 1.165) is 32.0 Å². The zero-order chi connectivity index (χ0) is 20.2. The minimum atomic E-state index is 0.539. The number of ether oxygens (including phenoxy) is 2. The summed E-state index contributed by atoms with van der Waals surface area (Å²) < 4.78 is 11.4. The molecule has 0 aliphatic rings. The topological polar surface area (TPSA) is 35.5 Å². The molecule has 2 aromatic rings. The molecule has 0 unspecified atom stereocenters. The Kier molecular flexibility index (Phi) is 9.33. The SMILES string of the molecule is CCOc1cc(C=O)ccc1OCCC=CCCc1ccc(CC(C)C)cc1. The summed E-state index contributed by atoms with van der Waals surface area (Å²) in [7, 11) is 0. The third kappa shape index (κ3) is 7.59. The van der Waals surface area contributed by atoms with E-state index >= 15 is 0 Å². The van der Waals surface area contributed by atoms with Gasteiger partial charge in [0.25, 0.3) is 0 Å². The smallest absolute Gasteiger partial charge is 0.161 e. The van der Waals surface area contributed by atoms with Gasteiger partial charge in [0.15, 0.2) is 11.5 Å². The number of aryl methyl sites for hydroxylation is 1. The monoisotopic (exact) mass is 380 g/mol. The molecular weight excluding hydrogens is 348 g/mol. The highest BCUT2D eigenvalue weighted by molar-refractivity contribution is 5.76. The number of allylic oxidation sites excluding steroid dienone is 1. The van der Waals surface area contributed by atoms with Crippen molar-refractivity contribution in [1.82, 2.24) is 0 Å². The number of carbonyl (C=O) groups excluding carboxylic acids is 1. The maximum absolute atomic E-state index is 10.9. The Bertz CT molecular complexity index is 745. The van der Waals surface area contributed by atoms with E-state index in [1.165, 1.54) is 11.1 Å². The zero-order valence-electron chi connectivity index (χ0n) is 17.3. The van der Waals surface area contributed by atoms with Crippen LogP contribution in [0.1, 0.15) is 55.1 Å². The van der Waals surface area contributed by atoms with Crippen molar-refractivity contribution in [2.45, 2.75) is 46.5 Å². The van der Waals surface area contributed by atoms with Crippen molar-refractivity contribution >= 4 is 6.29 Å². The molecule has 3 heteroatoms. The maximum Gasteiger partial charge on any atom is 0.161 e. The molecule has 0 aliphatic heterocycles. The van der Waals surface area contributed by atoms with Crippen LogP contribution in [-0.2, 0) is 12.8 Å². The second-order valence-electron chi connectivity index (χ2n) is 7.32. The van der Waals surface area contributed by atoms with Crippen LogP contribution in [0, 0.1) is 5.92 Å². The summed E-state index contributed by atoms with van der Waals surface area (Å²) in [5.41, 5.74) is 3.39. The van der Waals surface area contributed by atoms with Gasteiger partial charge in [0.1, 0.15) is 6.29 Å². The predicted molar refractivity (Wildman–Crippen MR) is 116 cm³/mol. The van der Waals surface area contributed by atoms with E-state index in [9.17, 15) is 4.79 Å².